The van der Waals surface area contributed by atoms with Gasteiger partial charge in [0.25, 0.3) is 0 Å². The van der Waals surface area contributed by atoms with Crippen molar-refractivity contribution in [1.29, 1.82) is 0 Å². The molecule has 1 saturated carbocycles. The molecule has 140 valence electrons. The Bertz CT molecular complexity index is 805. The predicted octanol–water partition coefficient (Wildman–Crippen LogP) is 4.56. The zero-order chi connectivity index (χ0) is 19.1. The van der Waals surface area contributed by atoms with Crippen molar-refractivity contribution in [2.45, 2.75) is 45.1 Å². The van der Waals surface area contributed by atoms with Gasteiger partial charge in [0.1, 0.15) is 11.5 Å². The molecule has 3 rings (SSSR count). The first kappa shape index (κ1) is 18.2. The number of halogens is 4. The van der Waals surface area contributed by atoms with Gasteiger partial charge < -0.3 is 5.32 Å². The minimum absolute atomic E-state index is 0.150. The quantitative estimate of drug-likeness (QED) is 0.410. The molecule has 0 aliphatic heterocycles. The Morgan fingerprint density at radius 3 is 2.08 bits per heavy atom. The summed E-state index contributed by atoms with van der Waals surface area (Å²) in [5.74, 6) is -5.18. The van der Waals surface area contributed by atoms with Gasteiger partial charge >= 0.3 is 0 Å². The van der Waals surface area contributed by atoms with Crippen LogP contribution in [0.15, 0.2) is 12.1 Å². The fourth-order valence-electron chi connectivity index (χ4n) is 2.32. The zero-order valence-corrected chi connectivity index (χ0v) is 14.6. The normalized spacial score (nSPS) is 14.3. The molecule has 0 bridgehead atoms. The zero-order valence-electron chi connectivity index (χ0n) is 14.6. The summed E-state index contributed by atoms with van der Waals surface area (Å²) >= 11 is 0. The van der Waals surface area contributed by atoms with Crippen LogP contribution in [0.1, 0.15) is 45.2 Å². The van der Waals surface area contributed by atoms with Gasteiger partial charge in [-0.2, -0.15) is 4.98 Å². The molecule has 9 heteroatoms. The Morgan fingerprint density at radius 1 is 0.923 bits per heavy atom. The van der Waals surface area contributed by atoms with Crippen LogP contribution in [0, 0.1) is 23.3 Å². The minimum Gasteiger partial charge on any atom is -0.350 e. The Balaban J connectivity index is 1.86. The van der Waals surface area contributed by atoms with Crippen LogP contribution >= 0.6 is 0 Å². The van der Waals surface area contributed by atoms with Crippen LogP contribution in [0.5, 0.6) is 0 Å². The fraction of sp³-hybridized carbons (Fsp3) is 0.412. The van der Waals surface area contributed by atoms with Gasteiger partial charge in [0.05, 0.1) is 5.69 Å². The van der Waals surface area contributed by atoms with Crippen LogP contribution in [-0.4, -0.2) is 15.5 Å². The molecule has 0 spiro atoms. The lowest BCUT2D eigenvalue weighted by Gasteiger charge is -2.21. The molecule has 3 N–H and O–H groups in total. The standard InChI is InChI=1S/C17H19F4N5/c1-17(2,3)24-16-22-11(8-4-5-8)7-12(23-16)25-26-15-13(20)9(18)6-10(19)14(15)21/h6-8,26H,4-5H2,1-3H3,(H2,22,23,24,25). The summed E-state index contributed by atoms with van der Waals surface area (Å²) in [6.07, 6.45) is 1.99. The number of nitrogens with zero attached hydrogens (tertiary/aromatic N) is 2. The molecule has 1 aliphatic rings. The van der Waals surface area contributed by atoms with E-state index in [2.05, 4.69) is 26.1 Å². The first-order valence-electron chi connectivity index (χ1n) is 8.16. The topological polar surface area (TPSA) is 61.9 Å². The van der Waals surface area contributed by atoms with E-state index in [-0.39, 0.29) is 17.4 Å². The summed E-state index contributed by atoms with van der Waals surface area (Å²) in [5, 5.41) is 3.13. The smallest absolute Gasteiger partial charge is 0.225 e. The first-order valence-corrected chi connectivity index (χ1v) is 8.16. The monoisotopic (exact) mass is 369 g/mol. The van der Waals surface area contributed by atoms with Gasteiger partial charge in [0.15, 0.2) is 23.3 Å². The third-order valence-electron chi connectivity index (χ3n) is 3.66. The van der Waals surface area contributed by atoms with Crippen molar-refractivity contribution in [3.05, 3.63) is 41.1 Å². The molecule has 1 aromatic carbocycles. The number of anilines is 3. The third-order valence-corrected chi connectivity index (χ3v) is 3.66. The summed E-state index contributed by atoms with van der Waals surface area (Å²) in [4.78, 5) is 8.66. The summed E-state index contributed by atoms with van der Waals surface area (Å²) in [6, 6.07) is 1.78. The lowest BCUT2D eigenvalue weighted by Crippen LogP contribution is -2.28. The molecular formula is C17H19F4N5. The van der Waals surface area contributed by atoms with E-state index in [4.69, 9.17) is 0 Å². The number of nitrogens with one attached hydrogen (secondary N) is 3. The Labute approximate surface area is 148 Å². The molecule has 2 aromatic rings. The molecule has 1 aliphatic carbocycles. The van der Waals surface area contributed by atoms with Crippen molar-refractivity contribution in [3.63, 3.8) is 0 Å². The van der Waals surface area contributed by atoms with E-state index in [0.717, 1.165) is 18.5 Å². The van der Waals surface area contributed by atoms with E-state index in [9.17, 15) is 17.6 Å². The molecule has 5 nitrogen and oxygen atoms in total. The number of hydrazine groups is 1. The van der Waals surface area contributed by atoms with E-state index < -0.39 is 29.0 Å². The predicted molar refractivity (Wildman–Crippen MR) is 90.9 cm³/mol. The van der Waals surface area contributed by atoms with Gasteiger partial charge in [-0.05, 0) is 33.6 Å². The van der Waals surface area contributed by atoms with Crippen LogP contribution in [0.3, 0.4) is 0 Å². The highest BCUT2D eigenvalue weighted by Crippen LogP contribution is 2.40. The summed E-state index contributed by atoms with van der Waals surface area (Å²) in [5.41, 5.74) is 4.18. The van der Waals surface area contributed by atoms with Crippen LogP contribution in [-0.2, 0) is 0 Å². The van der Waals surface area contributed by atoms with E-state index in [1.807, 2.05) is 20.8 Å². The van der Waals surface area contributed by atoms with Gasteiger partial charge in [-0.25, -0.2) is 22.5 Å². The van der Waals surface area contributed by atoms with Gasteiger partial charge in [-0.3, -0.25) is 10.9 Å². The van der Waals surface area contributed by atoms with Crippen LogP contribution in [0.4, 0.5) is 35.0 Å². The first-order chi connectivity index (χ1) is 12.1. The maximum Gasteiger partial charge on any atom is 0.225 e. The maximum atomic E-state index is 13.7. The van der Waals surface area contributed by atoms with Crippen molar-refractivity contribution in [2.24, 2.45) is 0 Å². The SMILES string of the molecule is CC(C)(C)Nc1nc(NNc2c(F)c(F)cc(F)c2F)cc(C2CC2)n1. The minimum atomic E-state index is -1.53. The van der Waals surface area contributed by atoms with Crippen LogP contribution in [0.25, 0.3) is 0 Å². The Kier molecular flexibility index (Phi) is 4.64. The molecule has 0 radical (unpaired) electrons. The van der Waals surface area contributed by atoms with E-state index in [0.29, 0.717) is 11.9 Å². The second kappa shape index (κ2) is 6.62. The van der Waals surface area contributed by atoms with E-state index in [1.54, 1.807) is 6.07 Å². The number of hydrogen-bond acceptors (Lipinski definition) is 5. The molecular weight excluding hydrogens is 350 g/mol. The second-order valence-electron chi connectivity index (χ2n) is 7.24. The Morgan fingerprint density at radius 2 is 1.54 bits per heavy atom. The average Bonchev–Trinajstić information content (AvgIpc) is 3.36. The van der Waals surface area contributed by atoms with Crippen molar-refractivity contribution in [1.82, 2.24) is 9.97 Å². The lowest BCUT2D eigenvalue weighted by atomic mass is 10.1. The average molecular weight is 369 g/mol. The largest absolute Gasteiger partial charge is 0.350 e. The summed E-state index contributed by atoms with van der Waals surface area (Å²) in [6.45, 7) is 5.81. The second-order valence-corrected chi connectivity index (χ2v) is 7.24. The lowest BCUT2D eigenvalue weighted by molar-refractivity contribution is 0.459. The number of hydrogen-bond donors (Lipinski definition) is 3. The van der Waals surface area contributed by atoms with Gasteiger partial charge in [0, 0.05) is 23.6 Å². The number of benzene rings is 1. The maximum absolute atomic E-state index is 13.7. The highest BCUT2D eigenvalue weighted by atomic mass is 19.2. The molecule has 1 heterocycles. The highest BCUT2D eigenvalue weighted by molar-refractivity contribution is 5.54. The summed E-state index contributed by atoms with van der Waals surface area (Å²) < 4.78 is 54.0. The molecule has 26 heavy (non-hydrogen) atoms. The summed E-state index contributed by atoms with van der Waals surface area (Å²) in [7, 11) is 0. The van der Waals surface area contributed by atoms with Crippen molar-refractivity contribution >= 4 is 17.5 Å². The third kappa shape index (κ3) is 4.14. The van der Waals surface area contributed by atoms with Gasteiger partial charge in [0.2, 0.25) is 5.95 Å². The molecule has 0 saturated heterocycles. The highest BCUT2D eigenvalue weighted by Gasteiger charge is 2.27. The Hall–Kier alpha value is -2.58. The van der Waals surface area contributed by atoms with Crippen molar-refractivity contribution < 1.29 is 17.6 Å². The molecule has 1 aromatic heterocycles. The van der Waals surface area contributed by atoms with Gasteiger partial charge in [-0.1, -0.05) is 0 Å². The molecule has 0 amide bonds. The van der Waals surface area contributed by atoms with Gasteiger partial charge in [-0.15, -0.1) is 0 Å². The van der Waals surface area contributed by atoms with Crippen LogP contribution < -0.4 is 16.2 Å². The van der Waals surface area contributed by atoms with Crippen molar-refractivity contribution in [2.75, 3.05) is 16.2 Å². The molecule has 0 atom stereocenters. The fourth-order valence-corrected chi connectivity index (χ4v) is 2.32. The van der Waals surface area contributed by atoms with E-state index >= 15 is 0 Å². The van der Waals surface area contributed by atoms with E-state index in [1.165, 1.54) is 0 Å². The number of rotatable bonds is 5. The van der Waals surface area contributed by atoms with Crippen LogP contribution in [0.2, 0.25) is 0 Å². The van der Waals surface area contributed by atoms with Crippen molar-refractivity contribution in [3.8, 4) is 0 Å². The number of aromatic nitrogens is 2. The molecule has 0 unspecified atom stereocenters. The molecule has 1 fully saturated rings.